The Morgan fingerprint density at radius 2 is 1.68 bits per heavy atom. The summed E-state index contributed by atoms with van der Waals surface area (Å²) in [5.74, 6) is -0.658. The number of nitrogens with one attached hydrogen (secondary N) is 1. The highest BCUT2D eigenvalue weighted by molar-refractivity contribution is 7.89. The maximum absolute atomic E-state index is 13.2. The molecule has 19 heavy (non-hydrogen) atoms. The van der Waals surface area contributed by atoms with E-state index in [1.165, 1.54) is 6.07 Å². The highest BCUT2D eigenvalue weighted by Crippen LogP contribution is 2.62. The lowest BCUT2D eigenvalue weighted by Gasteiger charge is -2.09. The molecule has 3 N–H and O–H groups in total. The average Bonchev–Trinajstić information content (AvgIpc) is 2.59. The van der Waals surface area contributed by atoms with Crippen molar-refractivity contribution in [3.8, 4) is 0 Å². The minimum Gasteiger partial charge on any atom is -0.399 e. The molecule has 2 rings (SSSR count). The van der Waals surface area contributed by atoms with E-state index in [1.54, 1.807) is 0 Å². The molecule has 0 saturated heterocycles. The summed E-state index contributed by atoms with van der Waals surface area (Å²) >= 11 is 0. The van der Waals surface area contributed by atoms with Crippen LogP contribution in [0.25, 0.3) is 0 Å². The minimum absolute atomic E-state index is 0.0923. The molecule has 0 heterocycles. The third kappa shape index (κ3) is 2.23. The molecule has 0 bridgehead atoms. The number of benzene rings is 1. The molecule has 1 aromatic carbocycles. The van der Waals surface area contributed by atoms with E-state index in [4.69, 9.17) is 5.73 Å². The van der Waals surface area contributed by atoms with E-state index >= 15 is 0 Å². The molecule has 0 amide bonds. The lowest BCUT2D eigenvalue weighted by molar-refractivity contribution is 0.457. The van der Waals surface area contributed by atoms with Crippen molar-refractivity contribution in [3.63, 3.8) is 0 Å². The normalized spacial score (nSPS) is 21.3. The van der Waals surface area contributed by atoms with Crippen LogP contribution in [-0.4, -0.2) is 14.5 Å². The van der Waals surface area contributed by atoms with Crippen LogP contribution >= 0.6 is 0 Å². The number of anilines is 1. The first-order chi connectivity index (χ1) is 8.48. The molecule has 0 spiro atoms. The summed E-state index contributed by atoms with van der Waals surface area (Å²) < 4.78 is 40.3. The van der Waals surface area contributed by atoms with Gasteiger partial charge in [-0.3, -0.25) is 0 Å². The van der Waals surface area contributed by atoms with Gasteiger partial charge in [-0.25, -0.2) is 17.5 Å². The molecule has 0 aromatic heterocycles. The average molecular weight is 286 g/mol. The summed E-state index contributed by atoms with van der Waals surface area (Å²) in [6.45, 7) is 8.00. The Balaban J connectivity index is 2.30. The molecule has 1 aliphatic carbocycles. The second-order valence-corrected chi connectivity index (χ2v) is 7.93. The zero-order valence-electron chi connectivity index (χ0n) is 11.5. The highest BCUT2D eigenvalue weighted by atomic mass is 32.2. The van der Waals surface area contributed by atoms with Gasteiger partial charge >= 0.3 is 0 Å². The Morgan fingerprint density at radius 1 is 1.16 bits per heavy atom. The number of nitrogens with two attached hydrogens (primary N) is 1. The first kappa shape index (κ1) is 14.3. The zero-order chi connectivity index (χ0) is 14.6. The van der Waals surface area contributed by atoms with Gasteiger partial charge in [0.1, 0.15) is 5.82 Å². The van der Waals surface area contributed by atoms with Crippen molar-refractivity contribution >= 4 is 15.7 Å². The molecule has 106 valence electrons. The van der Waals surface area contributed by atoms with E-state index < -0.39 is 15.8 Å². The van der Waals surface area contributed by atoms with E-state index in [1.807, 2.05) is 27.7 Å². The van der Waals surface area contributed by atoms with Crippen molar-refractivity contribution < 1.29 is 12.8 Å². The number of hydrogen-bond donors (Lipinski definition) is 2. The van der Waals surface area contributed by atoms with Crippen molar-refractivity contribution in [1.82, 2.24) is 4.72 Å². The summed E-state index contributed by atoms with van der Waals surface area (Å²) in [6, 6.07) is 3.15. The molecule has 0 unspecified atom stereocenters. The van der Waals surface area contributed by atoms with Gasteiger partial charge in [0.05, 0.1) is 4.90 Å². The molecule has 6 heteroatoms. The molecule has 0 atom stereocenters. The molecule has 1 saturated carbocycles. The standard InChI is InChI=1S/C13H19FN2O2S/c1-12(2)11(13(12,3)4)16-19(17,18)10-6-8(14)5-9(15)7-10/h5-7,11,16H,15H2,1-4H3. The second kappa shape index (κ2) is 3.93. The number of halogens is 1. The summed E-state index contributed by atoms with van der Waals surface area (Å²) in [6.07, 6.45) is 0. The van der Waals surface area contributed by atoms with Crippen LogP contribution in [0.1, 0.15) is 27.7 Å². The van der Waals surface area contributed by atoms with Crippen LogP contribution < -0.4 is 10.5 Å². The van der Waals surface area contributed by atoms with Crippen molar-refractivity contribution in [3.05, 3.63) is 24.0 Å². The second-order valence-electron chi connectivity index (χ2n) is 6.22. The summed E-state index contributed by atoms with van der Waals surface area (Å²) in [5.41, 5.74) is 5.32. The van der Waals surface area contributed by atoms with Crippen LogP contribution in [0.4, 0.5) is 10.1 Å². The maximum atomic E-state index is 13.2. The predicted molar refractivity (Wildman–Crippen MR) is 72.5 cm³/mol. The summed E-state index contributed by atoms with van der Waals surface area (Å²) in [7, 11) is -3.75. The quantitative estimate of drug-likeness (QED) is 0.836. The number of hydrogen-bond acceptors (Lipinski definition) is 3. The maximum Gasteiger partial charge on any atom is 0.241 e. The van der Waals surface area contributed by atoms with Gasteiger partial charge in [-0.15, -0.1) is 0 Å². The SMILES string of the molecule is CC1(C)C(NS(=O)(=O)c2cc(N)cc(F)c2)C1(C)C. The van der Waals surface area contributed by atoms with Gasteiger partial charge in [0.2, 0.25) is 10.0 Å². The van der Waals surface area contributed by atoms with Crippen LogP contribution in [0.5, 0.6) is 0 Å². The Hall–Kier alpha value is -1.14. The zero-order valence-corrected chi connectivity index (χ0v) is 12.3. The predicted octanol–water partition coefficient (Wildman–Crippen LogP) is 2.12. The van der Waals surface area contributed by atoms with Gasteiger partial charge in [0, 0.05) is 11.7 Å². The largest absolute Gasteiger partial charge is 0.399 e. The Bertz CT molecular complexity index is 589. The third-order valence-corrected chi connectivity index (χ3v) is 5.90. The molecular formula is C13H19FN2O2S. The third-order valence-electron chi connectivity index (χ3n) is 4.50. The fourth-order valence-corrected chi connectivity index (χ4v) is 4.05. The van der Waals surface area contributed by atoms with Gasteiger partial charge in [0.15, 0.2) is 0 Å². The van der Waals surface area contributed by atoms with E-state index in [9.17, 15) is 12.8 Å². The van der Waals surface area contributed by atoms with Gasteiger partial charge in [-0.2, -0.15) is 0 Å². The molecule has 1 aliphatic rings. The van der Waals surface area contributed by atoms with Crippen LogP contribution in [0, 0.1) is 16.6 Å². The monoisotopic (exact) mass is 286 g/mol. The van der Waals surface area contributed by atoms with Gasteiger partial charge in [-0.1, -0.05) is 27.7 Å². The minimum atomic E-state index is -3.75. The Morgan fingerprint density at radius 3 is 2.11 bits per heavy atom. The molecule has 4 nitrogen and oxygen atoms in total. The molecular weight excluding hydrogens is 267 g/mol. The van der Waals surface area contributed by atoms with Gasteiger partial charge in [0.25, 0.3) is 0 Å². The summed E-state index contributed by atoms with van der Waals surface area (Å²) in [5, 5.41) is 0. The fourth-order valence-electron chi connectivity index (χ4n) is 2.45. The van der Waals surface area contributed by atoms with Crippen LogP contribution in [0.15, 0.2) is 23.1 Å². The highest BCUT2D eigenvalue weighted by Gasteiger charge is 2.66. The number of sulfonamides is 1. The fraction of sp³-hybridized carbons (Fsp3) is 0.538. The van der Waals surface area contributed by atoms with Crippen LogP contribution in [0.3, 0.4) is 0 Å². The first-order valence-corrected chi connectivity index (χ1v) is 7.55. The van der Waals surface area contributed by atoms with E-state index in [2.05, 4.69) is 4.72 Å². The molecule has 0 radical (unpaired) electrons. The first-order valence-electron chi connectivity index (χ1n) is 6.07. The topological polar surface area (TPSA) is 72.2 Å². The van der Waals surface area contributed by atoms with Crippen molar-refractivity contribution in [1.29, 1.82) is 0 Å². The summed E-state index contributed by atoms with van der Waals surface area (Å²) in [4.78, 5) is -0.136. The van der Waals surface area contributed by atoms with Crippen molar-refractivity contribution in [2.75, 3.05) is 5.73 Å². The van der Waals surface area contributed by atoms with E-state index in [0.29, 0.717) is 0 Å². The number of nitrogen functional groups attached to an aromatic ring is 1. The lowest BCUT2D eigenvalue weighted by atomic mass is 10.0. The van der Waals surface area contributed by atoms with Crippen LogP contribution in [-0.2, 0) is 10.0 Å². The lowest BCUT2D eigenvalue weighted by Crippen LogP contribution is -2.30. The Labute approximate surface area is 113 Å². The molecule has 0 aliphatic heterocycles. The number of rotatable bonds is 3. The van der Waals surface area contributed by atoms with E-state index in [-0.39, 0.29) is 27.5 Å². The molecule has 1 aromatic rings. The van der Waals surface area contributed by atoms with Crippen molar-refractivity contribution in [2.24, 2.45) is 10.8 Å². The van der Waals surface area contributed by atoms with Gasteiger partial charge in [-0.05, 0) is 29.0 Å². The Kier molecular flexibility index (Phi) is 2.95. The smallest absolute Gasteiger partial charge is 0.241 e. The van der Waals surface area contributed by atoms with E-state index in [0.717, 1.165) is 12.1 Å². The van der Waals surface area contributed by atoms with Crippen LogP contribution in [0.2, 0.25) is 0 Å². The van der Waals surface area contributed by atoms with Crippen molar-refractivity contribution in [2.45, 2.75) is 38.6 Å². The van der Waals surface area contributed by atoms with Gasteiger partial charge < -0.3 is 5.73 Å². The molecule has 1 fully saturated rings.